The molecule has 2 heterocycles. The van der Waals surface area contributed by atoms with Crippen molar-refractivity contribution in [2.45, 2.75) is 12.8 Å². The second kappa shape index (κ2) is 11.7. The van der Waals surface area contributed by atoms with Gasteiger partial charge in [0.2, 0.25) is 0 Å². The smallest absolute Gasteiger partial charge is 0.0717 e. The Morgan fingerprint density at radius 2 is 1.08 bits per heavy atom. The van der Waals surface area contributed by atoms with Crippen LogP contribution in [0.25, 0.3) is 0 Å². The Morgan fingerprint density at radius 1 is 0.708 bits per heavy atom. The van der Waals surface area contributed by atoms with Crippen LogP contribution in [0.1, 0.15) is 12.8 Å². The lowest BCUT2D eigenvalue weighted by Crippen LogP contribution is -1.76. The number of nitriles is 2. The average Bonchev–Trinajstić information content (AvgIpc) is 3.19. The maximum atomic E-state index is 8.72. The summed E-state index contributed by atoms with van der Waals surface area (Å²) in [5.41, 5.74) is 0. The molecule has 0 bridgehead atoms. The summed E-state index contributed by atoms with van der Waals surface area (Å²) in [7, 11) is 0. The lowest BCUT2D eigenvalue weighted by Gasteiger charge is -2.02. The molecule has 0 spiro atoms. The zero-order chi connectivity index (χ0) is 17.4. The maximum absolute atomic E-state index is 8.72. The number of thioether (sulfide) groups is 8. The Labute approximate surface area is 177 Å². The van der Waals surface area contributed by atoms with E-state index in [0.29, 0.717) is 12.8 Å². The molecule has 0 saturated heterocycles. The fourth-order valence-corrected chi connectivity index (χ4v) is 12.5. The van der Waals surface area contributed by atoms with Gasteiger partial charge in [-0.1, -0.05) is 47.0 Å². The molecule has 0 unspecified atom stereocenters. The quantitative estimate of drug-likeness (QED) is 0.339. The Balaban J connectivity index is 2.02. The van der Waals surface area contributed by atoms with Crippen molar-refractivity contribution in [3.8, 4) is 12.1 Å². The standard InChI is InChI=1S/C14H14N2S8/c1-17-9-11(19-7-3-5-15)23-13(21-9)14-22-10(18-2)12(24-14)20-8-4-6-16/h3-4,7-8H2,1-2H3/b14-13+. The van der Waals surface area contributed by atoms with Crippen molar-refractivity contribution in [1.29, 1.82) is 10.5 Å². The molecule has 0 aromatic heterocycles. The van der Waals surface area contributed by atoms with E-state index < -0.39 is 0 Å². The zero-order valence-electron chi connectivity index (χ0n) is 13.0. The van der Waals surface area contributed by atoms with Crippen molar-refractivity contribution >= 4 is 94.1 Å². The minimum absolute atomic E-state index is 0.592. The molecule has 2 aliphatic rings. The topological polar surface area (TPSA) is 47.6 Å². The van der Waals surface area contributed by atoms with Crippen molar-refractivity contribution in [3.05, 3.63) is 25.4 Å². The summed E-state index contributed by atoms with van der Waals surface area (Å²) >= 11 is 14.6. The van der Waals surface area contributed by atoms with E-state index in [9.17, 15) is 0 Å². The minimum atomic E-state index is 0.592. The molecule has 2 aliphatic heterocycles. The van der Waals surface area contributed by atoms with Crippen LogP contribution in [0.5, 0.6) is 0 Å². The molecule has 0 aromatic rings. The van der Waals surface area contributed by atoms with Gasteiger partial charge in [-0.05, 0) is 12.5 Å². The third-order valence-corrected chi connectivity index (χ3v) is 13.8. The predicted molar refractivity (Wildman–Crippen MR) is 124 cm³/mol. The van der Waals surface area contributed by atoms with Gasteiger partial charge in [-0.25, -0.2) is 0 Å². The van der Waals surface area contributed by atoms with E-state index in [-0.39, 0.29) is 0 Å². The van der Waals surface area contributed by atoms with E-state index in [1.54, 1.807) is 47.0 Å². The van der Waals surface area contributed by atoms with Gasteiger partial charge in [0.25, 0.3) is 0 Å². The van der Waals surface area contributed by atoms with Gasteiger partial charge in [0, 0.05) is 24.3 Å². The van der Waals surface area contributed by atoms with Crippen LogP contribution in [0.15, 0.2) is 25.4 Å². The van der Waals surface area contributed by atoms with Crippen LogP contribution >= 0.6 is 94.1 Å². The van der Waals surface area contributed by atoms with Crippen molar-refractivity contribution in [1.82, 2.24) is 0 Å². The summed E-state index contributed by atoms with van der Waals surface area (Å²) in [6.07, 6.45) is 5.42. The minimum Gasteiger partial charge on any atom is -0.198 e. The van der Waals surface area contributed by atoms with E-state index >= 15 is 0 Å². The van der Waals surface area contributed by atoms with Crippen LogP contribution in [0.2, 0.25) is 0 Å². The SMILES string of the molecule is CSC1=C(SCCC#N)S/C(=C2\SC(SC)=C(SCCC#N)S2)S1. The van der Waals surface area contributed by atoms with E-state index in [2.05, 4.69) is 24.6 Å². The van der Waals surface area contributed by atoms with E-state index in [1.165, 1.54) is 25.4 Å². The fraction of sp³-hybridized carbons (Fsp3) is 0.429. The summed E-state index contributed by atoms with van der Waals surface area (Å²) in [4.78, 5) is 0. The second-order valence-electron chi connectivity index (χ2n) is 4.05. The normalized spacial score (nSPS) is 20.7. The molecule has 2 rings (SSSR count). The molecule has 0 fully saturated rings. The first-order chi connectivity index (χ1) is 11.7. The highest BCUT2D eigenvalue weighted by molar-refractivity contribution is 8.45. The third-order valence-electron chi connectivity index (χ3n) is 2.51. The number of nitrogens with zero attached hydrogens (tertiary/aromatic N) is 2. The molecule has 0 radical (unpaired) electrons. The van der Waals surface area contributed by atoms with Crippen LogP contribution in [-0.4, -0.2) is 24.0 Å². The number of hydrogen-bond acceptors (Lipinski definition) is 10. The summed E-state index contributed by atoms with van der Waals surface area (Å²) in [5, 5.41) is 17.4. The van der Waals surface area contributed by atoms with E-state index in [1.807, 2.05) is 47.0 Å². The molecule has 0 aromatic carbocycles. The largest absolute Gasteiger partial charge is 0.198 e. The van der Waals surface area contributed by atoms with Gasteiger partial charge < -0.3 is 0 Å². The lowest BCUT2D eigenvalue weighted by molar-refractivity contribution is 1.24. The van der Waals surface area contributed by atoms with Gasteiger partial charge in [-0.3, -0.25) is 0 Å². The van der Waals surface area contributed by atoms with Crippen LogP contribution in [-0.2, 0) is 0 Å². The molecule has 2 nitrogen and oxygen atoms in total. The highest BCUT2D eigenvalue weighted by atomic mass is 32.3. The first-order valence-electron chi connectivity index (χ1n) is 6.75. The molecule has 0 atom stereocenters. The monoisotopic (exact) mass is 466 g/mol. The van der Waals surface area contributed by atoms with Gasteiger partial charge in [0.05, 0.1) is 37.6 Å². The molecule has 0 aliphatic carbocycles. The average molecular weight is 467 g/mol. The van der Waals surface area contributed by atoms with Crippen molar-refractivity contribution < 1.29 is 0 Å². The van der Waals surface area contributed by atoms with E-state index in [0.717, 1.165) is 11.5 Å². The van der Waals surface area contributed by atoms with Gasteiger partial charge in [-0.15, -0.1) is 47.0 Å². The number of hydrogen-bond donors (Lipinski definition) is 0. The zero-order valence-corrected chi connectivity index (χ0v) is 19.5. The second-order valence-corrected chi connectivity index (χ2v) is 13.5. The lowest BCUT2D eigenvalue weighted by atomic mass is 10.6. The molecule has 0 saturated carbocycles. The summed E-state index contributed by atoms with van der Waals surface area (Å²) in [6.45, 7) is 0. The van der Waals surface area contributed by atoms with Crippen LogP contribution in [0.4, 0.5) is 0 Å². The third kappa shape index (κ3) is 6.02. The van der Waals surface area contributed by atoms with Crippen molar-refractivity contribution in [3.63, 3.8) is 0 Å². The summed E-state index contributed by atoms with van der Waals surface area (Å²) < 4.78 is 8.09. The van der Waals surface area contributed by atoms with Gasteiger partial charge >= 0.3 is 0 Å². The summed E-state index contributed by atoms with van der Waals surface area (Å²) in [6, 6.07) is 4.43. The number of rotatable bonds is 8. The summed E-state index contributed by atoms with van der Waals surface area (Å²) in [5.74, 6) is 1.71. The fourth-order valence-electron chi connectivity index (χ4n) is 1.52. The molecular formula is C14H14N2S8. The van der Waals surface area contributed by atoms with E-state index in [4.69, 9.17) is 10.5 Å². The van der Waals surface area contributed by atoms with Crippen LogP contribution in [0, 0.1) is 22.7 Å². The molecule has 0 amide bonds. The highest BCUT2D eigenvalue weighted by Crippen LogP contribution is 2.65. The first-order valence-corrected chi connectivity index (χ1v) is 14.4. The molecule has 0 N–H and O–H groups in total. The molecule has 24 heavy (non-hydrogen) atoms. The molecular weight excluding hydrogens is 453 g/mol. The Kier molecular flexibility index (Phi) is 10.3. The Bertz CT molecular complexity index is 597. The van der Waals surface area contributed by atoms with Crippen LogP contribution in [0.3, 0.4) is 0 Å². The molecule has 10 heteroatoms. The van der Waals surface area contributed by atoms with Gasteiger partial charge in [-0.2, -0.15) is 10.5 Å². The van der Waals surface area contributed by atoms with Crippen LogP contribution < -0.4 is 0 Å². The predicted octanol–water partition coefficient (Wildman–Crippen LogP) is 7.35. The van der Waals surface area contributed by atoms with Gasteiger partial charge in [0.1, 0.15) is 0 Å². The van der Waals surface area contributed by atoms with Crippen molar-refractivity contribution in [2.75, 3.05) is 24.0 Å². The highest BCUT2D eigenvalue weighted by Gasteiger charge is 2.29. The molecule has 128 valence electrons. The van der Waals surface area contributed by atoms with Crippen molar-refractivity contribution in [2.24, 2.45) is 0 Å². The van der Waals surface area contributed by atoms with Gasteiger partial charge in [0.15, 0.2) is 0 Å². The maximum Gasteiger partial charge on any atom is 0.0717 e. The Morgan fingerprint density at radius 3 is 1.42 bits per heavy atom. The Hall–Kier alpha value is 1.000. The first kappa shape index (κ1) is 21.3.